The van der Waals surface area contributed by atoms with Gasteiger partial charge >= 0.3 is 0 Å². The van der Waals surface area contributed by atoms with Crippen LogP contribution < -0.4 is 10.1 Å². The van der Waals surface area contributed by atoms with E-state index in [1.807, 2.05) is 60.7 Å². The zero-order valence-corrected chi connectivity index (χ0v) is 14.6. The van der Waals surface area contributed by atoms with Crippen LogP contribution in [-0.4, -0.2) is 18.6 Å². The van der Waals surface area contributed by atoms with Crippen LogP contribution in [0.1, 0.15) is 25.3 Å². The molecule has 3 heteroatoms. The predicted molar refractivity (Wildman–Crippen MR) is 102 cm³/mol. The summed E-state index contributed by atoms with van der Waals surface area (Å²) in [4.78, 5) is 12.4. The van der Waals surface area contributed by atoms with Crippen LogP contribution in [0.4, 0.5) is 0 Å². The molecular formula is C22H23NO2. The number of rotatable bonds is 6. The fraction of sp³-hybridized carbons (Fsp3) is 0.227. The summed E-state index contributed by atoms with van der Waals surface area (Å²) in [6, 6.07) is 24.1. The molecule has 0 bridgehead atoms. The molecule has 25 heavy (non-hydrogen) atoms. The molecule has 2 atom stereocenters. The molecule has 0 heterocycles. The summed E-state index contributed by atoms with van der Waals surface area (Å²) < 4.78 is 5.92. The van der Waals surface area contributed by atoms with E-state index < -0.39 is 6.10 Å². The van der Waals surface area contributed by atoms with Crippen LogP contribution in [0.5, 0.6) is 5.75 Å². The first-order valence-electron chi connectivity index (χ1n) is 8.62. The third-order valence-corrected chi connectivity index (χ3v) is 4.37. The van der Waals surface area contributed by atoms with Crippen LogP contribution in [0.2, 0.25) is 0 Å². The van der Waals surface area contributed by atoms with E-state index in [0.29, 0.717) is 6.54 Å². The summed E-state index contributed by atoms with van der Waals surface area (Å²) >= 11 is 0. The number of amides is 1. The molecule has 3 nitrogen and oxygen atoms in total. The fourth-order valence-corrected chi connectivity index (χ4v) is 2.84. The molecule has 3 aromatic carbocycles. The van der Waals surface area contributed by atoms with Crippen molar-refractivity contribution in [3.8, 4) is 5.75 Å². The van der Waals surface area contributed by atoms with Gasteiger partial charge in [-0.15, -0.1) is 0 Å². The van der Waals surface area contributed by atoms with Crippen molar-refractivity contribution in [2.24, 2.45) is 0 Å². The SMILES string of the molecule is CC(Oc1cccc2ccccc12)C(=O)NCC(C)c1ccccc1. The fourth-order valence-electron chi connectivity index (χ4n) is 2.84. The normalized spacial score (nSPS) is 13.2. The van der Waals surface area contributed by atoms with Gasteiger partial charge in [0, 0.05) is 11.9 Å². The Morgan fingerprint density at radius 3 is 2.40 bits per heavy atom. The van der Waals surface area contributed by atoms with Crippen molar-refractivity contribution >= 4 is 16.7 Å². The molecule has 1 amide bonds. The Kier molecular flexibility index (Phi) is 5.34. The average Bonchev–Trinajstić information content (AvgIpc) is 2.66. The highest BCUT2D eigenvalue weighted by atomic mass is 16.5. The van der Waals surface area contributed by atoms with Gasteiger partial charge in [-0.25, -0.2) is 0 Å². The third-order valence-electron chi connectivity index (χ3n) is 4.37. The smallest absolute Gasteiger partial charge is 0.260 e. The molecule has 3 rings (SSSR count). The van der Waals surface area contributed by atoms with E-state index in [-0.39, 0.29) is 11.8 Å². The molecule has 0 radical (unpaired) electrons. The minimum absolute atomic E-state index is 0.101. The van der Waals surface area contributed by atoms with Gasteiger partial charge in [0.05, 0.1) is 0 Å². The van der Waals surface area contributed by atoms with E-state index in [1.54, 1.807) is 6.92 Å². The van der Waals surface area contributed by atoms with Crippen LogP contribution in [0, 0.1) is 0 Å². The zero-order valence-electron chi connectivity index (χ0n) is 14.6. The number of carbonyl (C=O) groups excluding carboxylic acids is 1. The van der Waals surface area contributed by atoms with Crippen molar-refractivity contribution in [3.63, 3.8) is 0 Å². The van der Waals surface area contributed by atoms with Crippen LogP contribution >= 0.6 is 0 Å². The van der Waals surface area contributed by atoms with Crippen molar-refractivity contribution in [1.29, 1.82) is 0 Å². The standard InChI is InChI=1S/C22H23NO2/c1-16(18-9-4-3-5-10-18)15-23-22(24)17(2)25-21-14-8-12-19-11-6-7-13-20(19)21/h3-14,16-17H,15H2,1-2H3,(H,23,24). The van der Waals surface area contributed by atoms with Crippen LogP contribution in [0.3, 0.4) is 0 Å². The van der Waals surface area contributed by atoms with Gasteiger partial charge in [0.25, 0.3) is 5.91 Å². The maximum Gasteiger partial charge on any atom is 0.260 e. The van der Waals surface area contributed by atoms with E-state index in [0.717, 1.165) is 16.5 Å². The van der Waals surface area contributed by atoms with Gasteiger partial charge in [-0.3, -0.25) is 4.79 Å². The van der Waals surface area contributed by atoms with Gasteiger partial charge in [0.2, 0.25) is 0 Å². The lowest BCUT2D eigenvalue weighted by Gasteiger charge is -2.18. The summed E-state index contributed by atoms with van der Waals surface area (Å²) in [5.74, 6) is 0.891. The first kappa shape index (κ1) is 17.0. The van der Waals surface area contributed by atoms with Crippen molar-refractivity contribution in [2.75, 3.05) is 6.54 Å². The molecule has 0 spiro atoms. The number of nitrogens with one attached hydrogen (secondary N) is 1. The lowest BCUT2D eigenvalue weighted by atomic mass is 10.0. The van der Waals surface area contributed by atoms with Gasteiger partial charge in [-0.05, 0) is 29.9 Å². The second kappa shape index (κ2) is 7.84. The van der Waals surface area contributed by atoms with Crippen LogP contribution in [0.15, 0.2) is 72.8 Å². The second-order valence-electron chi connectivity index (χ2n) is 6.29. The molecule has 2 unspecified atom stereocenters. The zero-order chi connectivity index (χ0) is 17.6. The maximum absolute atomic E-state index is 12.4. The Balaban J connectivity index is 1.61. The monoisotopic (exact) mass is 333 g/mol. The number of hydrogen-bond acceptors (Lipinski definition) is 2. The average molecular weight is 333 g/mol. The minimum atomic E-state index is -0.547. The predicted octanol–water partition coefficient (Wildman–Crippen LogP) is 4.53. The number of benzene rings is 3. The van der Waals surface area contributed by atoms with Crippen LogP contribution in [-0.2, 0) is 4.79 Å². The van der Waals surface area contributed by atoms with Crippen molar-refractivity contribution < 1.29 is 9.53 Å². The summed E-state index contributed by atoms with van der Waals surface area (Å²) in [6.07, 6.45) is -0.547. The first-order chi connectivity index (χ1) is 12.1. The Morgan fingerprint density at radius 1 is 0.920 bits per heavy atom. The van der Waals surface area contributed by atoms with E-state index in [1.165, 1.54) is 5.56 Å². The maximum atomic E-state index is 12.4. The lowest BCUT2D eigenvalue weighted by Crippen LogP contribution is -2.38. The Morgan fingerprint density at radius 2 is 1.60 bits per heavy atom. The molecule has 0 aliphatic rings. The molecular weight excluding hydrogens is 310 g/mol. The Bertz CT molecular complexity index is 840. The molecule has 0 fully saturated rings. The molecule has 0 aliphatic carbocycles. The molecule has 0 saturated heterocycles. The molecule has 0 aromatic heterocycles. The lowest BCUT2D eigenvalue weighted by molar-refractivity contribution is -0.127. The van der Waals surface area contributed by atoms with Gasteiger partial charge in [-0.1, -0.05) is 73.7 Å². The topological polar surface area (TPSA) is 38.3 Å². The van der Waals surface area contributed by atoms with E-state index in [2.05, 4.69) is 24.4 Å². The number of fused-ring (bicyclic) bond motifs is 1. The summed E-state index contributed by atoms with van der Waals surface area (Å²) in [5.41, 5.74) is 1.21. The Hall–Kier alpha value is -2.81. The summed E-state index contributed by atoms with van der Waals surface area (Å²) in [5, 5.41) is 5.10. The first-order valence-corrected chi connectivity index (χ1v) is 8.62. The minimum Gasteiger partial charge on any atom is -0.480 e. The molecule has 0 saturated carbocycles. The molecule has 128 valence electrons. The molecule has 0 aliphatic heterocycles. The van der Waals surface area contributed by atoms with E-state index in [9.17, 15) is 4.79 Å². The van der Waals surface area contributed by atoms with E-state index in [4.69, 9.17) is 4.74 Å². The highest BCUT2D eigenvalue weighted by molar-refractivity contribution is 5.89. The van der Waals surface area contributed by atoms with Crippen molar-refractivity contribution in [1.82, 2.24) is 5.32 Å². The van der Waals surface area contributed by atoms with Crippen molar-refractivity contribution in [2.45, 2.75) is 25.9 Å². The largest absolute Gasteiger partial charge is 0.480 e. The summed E-state index contributed by atoms with van der Waals surface area (Å²) in [7, 11) is 0. The van der Waals surface area contributed by atoms with Gasteiger partial charge in [-0.2, -0.15) is 0 Å². The van der Waals surface area contributed by atoms with Crippen molar-refractivity contribution in [3.05, 3.63) is 78.4 Å². The molecule has 1 N–H and O–H groups in total. The highest BCUT2D eigenvalue weighted by Gasteiger charge is 2.16. The number of ether oxygens (including phenoxy) is 1. The highest BCUT2D eigenvalue weighted by Crippen LogP contribution is 2.26. The van der Waals surface area contributed by atoms with Gasteiger partial charge in [0.15, 0.2) is 6.10 Å². The number of carbonyl (C=O) groups is 1. The Labute approximate surface area is 148 Å². The second-order valence-corrected chi connectivity index (χ2v) is 6.29. The third kappa shape index (κ3) is 4.18. The van der Waals surface area contributed by atoms with Gasteiger partial charge in [0.1, 0.15) is 5.75 Å². The molecule has 3 aromatic rings. The number of hydrogen-bond donors (Lipinski definition) is 1. The quantitative estimate of drug-likeness (QED) is 0.720. The van der Waals surface area contributed by atoms with Crippen LogP contribution in [0.25, 0.3) is 10.8 Å². The van der Waals surface area contributed by atoms with Gasteiger partial charge < -0.3 is 10.1 Å². The summed E-state index contributed by atoms with van der Waals surface area (Å²) in [6.45, 7) is 4.47. The van der Waals surface area contributed by atoms with E-state index >= 15 is 0 Å².